The number of pyridine rings is 1. The summed E-state index contributed by atoms with van der Waals surface area (Å²) in [6, 6.07) is 11.1. The summed E-state index contributed by atoms with van der Waals surface area (Å²) in [5, 5.41) is 2.86. The van der Waals surface area contributed by atoms with E-state index < -0.39 is 0 Å². The molecule has 0 spiro atoms. The summed E-state index contributed by atoms with van der Waals surface area (Å²) < 4.78 is 0. The fourth-order valence-electron chi connectivity index (χ4n) is 2.05. The number of H-pyrrole nitrogens is 1. The average molecular weight is 266 g/mol. The minimum Gasteiger partial charge on any atom is -0.346 e. The molecule has 0 unspecified atom stereocenters. The monoisotopic (exact) mass is 266 g/mol. The highest BCUT2D eigenvalue weighted by atomic mass is 16.1. The van der Waals surface area contributed by atoms with E-state index in [4.69, 9.17) is 0 Å². The van der Waals surface area contributed by atoms with Crippen LogP contribution in [0.15, 0.2) is 42.7 Å². The smallest absolute Gasteiger partial charge is 0.251 e. The number of nitrogens with zero attached hydrogens (tertiary/aromatic N) is 2. The van der Waals surface area contributed by atoms with Gasteiger partial charge in [0.25, 0.3) is 5.91 Å². The van der Waals surface area contributed by atoms with Crippen molar-refractivity contribution < 1.29 is 4.79 Å². The van der Waals surface area contributed by atoms with Crippen molar-refractivity contribution in [3.63, 3.8) is 0 Å². The Balaban J connectivity index is 1.72. The third-order valence-corrected chi connectivity index (χ3v) is 3.06. The van der Waals surface area contributed by atoms with E-state index in [0.29, 0.717) is 12.1 Å². The van der Waals surface area contributed by atoms with E-state index >= 15 is 0 Å². The molecule has 1 amide bonds. The van der Waals surface area contributed by atoms with E-state index in [1.54, 1.807) is 18.5 Å². The highest BCUT2D eigenvalue weighted by molar-refractivity contribution is 5.97. The van der Waals surface area contributed by atoms with E-state index in [1.807, 2.05) is 31.2 Å². The Labute approximate surface area is 116 Å². The molecule has 1 aromatic carbocycles. The summed E-state index contributed by atoms with van der Waals surface area (Å²) in [7, 11) is 0. The molecule has 0 aliphatic rings. The zero-order chi connectivity index (χ0) is 13.9. The molecular weight excluding hydrogens is 252 g/mol. The van der Waals surface area contributed by atoms with Gasteiger partial charge in [-0.05, 0) is 37.3 Å². The van der Waals surface area contributed by atoms with Crippen molar-refractivity contribution in [3.8, 4) is 0 Å². The van der Waals surface area contributed by atoms with Gasteiger partial charge < -0.3 is 10.3 Å². The van der Waals surface area contributed by atoms with E-state index in [-0.39, 0.29) is 5.91 Å². The normalized spacial score (nSPS) is 10.7. The largest absolute Gasteiger partial charge is 0.346 e. The van der Waals surface area contributed by atoms with Gasteiger partial charge in [0.2, 0.25) is 0 Å². The summed E-state index contributed by atoms with van der Waals surface area (Å²) in [4.78, 5) is 23.6. The van der Waals surface area contributed by atoms with Gasteiger partial charge in [-0.25, -0.2) is 4.98 Å². The van der Waals surface area contributed by atoms with Crippen LogP contribution in [0.25, 0.3) is 11.0 Å². The molecule has 3 aromatic rings. The number of carbonyl (C=O) groups is 1. The van der Waals surface area contributed by atoms with Gasteiger partial charge in [-0.15, -0.1) is 0 Å². The predicted molar refractivity (Wildman–Crippen MR) is 76.2 cm³/mol. The van der Waals surface area contributed by atoms with Gasteiger partial charge in [-0.1, -0.05) is 6.07 Å². The number of rotatable bonds is 3. The van der Waals surface area contributed by atoms with E-state index in [1.165, 1.54) is 0 Å². The second-order valence-electron chi connectivity index (χ2n) is 4.59. The lowest BCUT2D eigenvalue weighted by Gasteiger charge is -2.05. The molecule has 5 nitrogen and oxygen atoms in total. The number of aryl methyl sites for hydroxylation is 1. The molecule has 0 fully saturated rings. The van der Waals surface area contributed by atoms with Crippen LogP contribution in [0.1, 0.15) is 21.7 Å². The standard InChI is InChI=1S/C15H14N4O/c1-10-3-2-4-12(19-10)8-16-15(20)11-5-6-13-14(7-11)18-9-17-13/h2-7,9H,8H2,1H3,(H,16,20)(H,17,18). The molecule has 5 heteroatoms. The van der Waals surface area contributed by atoms with Crippen LogP contribution in [0, 0.1) is 6.92 Å². The number of aromatic nitrogens is 3. The number of carbonyl (C=O) groups excluding carboxylic acids is 1. The Morgan fingerprint density at radius 3 is 3.05 bits per heavy atom. The highest BCUT2D eigenvalue weighted by Gasteiger charge is 2.07. The van der Waals surface area contributed by atoms with Crippen LogP contribution in [-0.2, 0) is 6.54 Å². The SMILES string of the molecule is Cc1cccc(CNC(=O)c2ccc3nc[nH]c3c2)n1. The topological polar surface area (TPSA) is 70.7 Å². The maximum Gasteiger partial charge on any atom is 0.251 e. The van der Waals surface area contributed by atoms with E-state index in [0.717, 1.165) is 22.4 Å². The molecule has 20 heavy (non-hydrogen) atoms. The highest BCUT2D eigenvalue weighted by Crippen LogP contribution is 2.11. The molecule has 2 N–H and O–H groups in total. The van der Waals surface area contributed by atoms with Gasteiger partial charge in [0, 0.05) is 11.3 Å². The Bertz CT molecular complexity index is 763. The lowest BCUT2D eigenvalue weighted by Crippen LogP contribution is -2.23. The van der Waals surface area contributed by atoms with Crippen molar-refractivity contribution in [3.05, 3.63) is 59.7 Å². The van der Waals surface area contributed by atoms with Crippen molar-refractivity contribution >= 4 is 16.9 Å². The minimum atomic E-state index is -0.121. The van der Waals surface area contributed by atoms with Crippen LogP contribution in [0.3, 0.4) is 0 Å². The van der Waals surface area contributed by atoms with Crippen molar-refractivity contribution in [2.75, 3.05) is 0 Å². The molecular formula is C15H14N4O. The molecule has 0 saturated carbocycles. The Kier molecular flexibility index (Phi) is 3.16. The number of aromatic amines is 1. The second-order valence-corrected chi connectivity index (χ2v) is 4.59. The van der Waals surface area contributed by atoms with Crippen LogP contribution >= 0.6 is 0 Å². The fourth-order valence-corrected chi connectivity index (χ4v) is 2.05. The maximum atomic E-state index is 12.1. The first-order valence-corrected chi connectivity index (χ1v) is 6.36. The summed E-state index contributed by atoms with van der Waals surface area (Å²) in [5.74, 6) is -0.121. The molecule has 0 atom stereocenters. The molecule has 100 valence electrons. The van der Waals surface area contributed by atoms with Gasteiger partial charge in [0.05, 0.1) is 29.6 Å². The average Bonchev–Trinajstić information content (AvgIpc) is 2.92. The van der Waals surface area contributed by atoms with Gasteiger partial charge in [-0.3, -0.25) is 9.78 Å². The van der Waals surface area contributed by atoms with Gasteiger partial charge >= 0.3 is 0 Å². The molecule has 2 aromatic heterocycles. The molecule has 0 aliphatic carbocycles. The zero-order valence-corrected chi connectivity index (χ0v) is 11.1. The third-order valence-electron chi connectivity index (χ3n) is 3.06. The Morgan fingerprint density at radius 1 is 1.30 bits per heavy atom. The Hall–Kier alpha value is -2.69. The lowest BCUT2D eigenvalue weighted by atomic mass is 10.2. The van der Waals surface area contributed by atoms with Crippen molar-refractivity contribution in [2.45, 2.75) is 13.5 Å². The first kappa shape index (κ1) is 12.3. The van der Waals surface area contributed by atoms with Crippen molar-refractivity contribution in [2.24, 2.45) is 0 Å². The zero-order valence-electron chi connectivity index (χ0n) is 11.1. The maximum absolute atomic E-state index is 12.1. The summed E-state index contributed by atoms with van der Waals surface area (Å²) in [6.45, 7) is 2.35. The summed E-state index contributed by atoms with van der Waals surface area (Å²) in [6.07, 6.45) is 1.61. The third kappa shape index (κ3) is 2.51. The summed E-state index contributed by atoms with van der Waals surface area (Å²) in [5.41, 5.74) is 4.10. The molecule has 0 radical (unpaired) electrons. The molecule has 2 heterocycles. The predicted octanol–water partition coefficient (Wildman–Crippen LogP) is 2.20. The van der Waals surface area contributed by atoms with Crippen LogP contribution < -0.4 is 5.32 Å². The number of hydrogen-bond acceptors (Lipinski definition) is 3. The lowest BCUT2D eigenvalue weighted by molar-refractivity contribution is 0.0950. The second kappa shape index (κ2) is 5.13. The van der Waals surface area contributed by atoms with Crippen LogP contribution in [0.2, 0.25) is 0 Å². The molecule has 3 rings (SSSR count). The van der Waals surface area contributed by atoms with Crippen LogP contribution in [0.4, 0.5) is 0 Å². The van der Waals surface area contributed by atoms with E-state index in [2.05, 4.69) is 20.3 Å². The Morgan fingerprint density at radius 2 is 2.20 bits per heavy atom. The van der Waals surface area contributed by atoms with Gasteiger partial charge in [-0.2, -0.15) is 0 Å². The first-order chi connectivity index (χ1) is 9.72. The van der Waals surface area contributed by atoms with Crippen molar-refractivity contribution in [1.82, 2.24) is 20.3 Å². The molecule has 0 aliphatic heterocycles. The quantitative estimate of drug-likeness (QED) is 0.763. The number of fused-ring (bicyclic) bond motifs is 1. The van der Waals surface area contributed by atoms with Crippen LogP contribution in [0.5, 0.6) is 0 Å². The number of benzene rings is 1. The number of amides is 1. The van der Waals surface area contributed by atoms with Crippen LogP contribution in [-0.4, -0.2) is 20.9 Å². The van der Waals surface area contributed by atoms with Gasteiger partial charge in [0.15, 0.2) is 0 Å². The fraction of sp³-hybridized carbons (Fsp3) is 0.133. The number of imidazole rings is 1. The minimum absolute atomic E-state index is 0.121. The van der Waals surface area contributed by atoms with E-state index in [9.17, 15) is 4.79 Å². The van der Waals surface area contributed by atoms with Gasteiger partial charge in [0.1, 0.15) is 0 Å². The first-order valence-electron chi connectivity index (χ1n) is 6.36. The summed E-state index contributed by atoms with van der Waals surface area (Å²) >= 11 is 0. The molecule has 0 bridgehead atoms. The van der Waals surface area contributed by atoms with Crippen molar-refractivity contribution in [1.29, 1.82) is 0 Å². The number of hydrogen-bond donors (Lipinski definition) is 2. The molecule has 0 saturated heterocycles. The number of nitrogens with one attached hydrogen (secondary N) is 2.